The van der Waals surface area contributed by atoms with E-state index in [1.807, 2.05) is 0 Å². The van der Waals surface area contributed by atoms with Crippen LogP contribution >= 0.6 is 11.8 Å². The monoisotopic (exact) mass is 954 g/mol. The van der Waals surface area contributed by atoms with Gasteiger partial charge < -0.3 is 69.9 Å². The van der Waals surface area contributed by atoms with Crippen LogP contribution in [0.3, 0.4) is 0 Å². The summed E-state index contributed by atoms with van der Waals surface area (Å²) in [4.78, 5) is 105. The maximum Gasteiger partial charge on any atom is 0.326 e. The molecule has 67 heavy (non-hydrogen) atoms. The van der Waals surface area contributed by atoms with Gasteiger partial charge in [0.15, 0.2) is 5.96 Å². The first-order chi connectivity index (χ1) is 31.4. The van der Waals surface area contributed by atoms with Gasteiger partial charge in [-0.15, -0.1) is 0 Å². The van der Waals surface area contributed by atoms with Crippen molar-refractivity contribution in [3.8, 4) is 5.75 Å². The second kappa shape index (κ2) is 31.6. The molecule has 3 aromatic carbocycles. The molecular weight excluding hydrogens is 893 g/mol. The van der Waals surface area contributed by atoms with Crippen LogP contribution in [-0.4, -0.2) is 136 Å². The van der Waals surface area contributed by atoms with Crippen LogP contribution in [0.1, 0.15) is 42.9 Å². The van der Waals surface area contributed by atoms with Crippen molar-refractivity contribution in [2.24, 2.45) is 22.2 Å². The average molecular weight is 955 g/mol. The number of nitrogens with one attached hydrogen (secondary N) is 6. The molecule has 0 fully saturated rings. The first kappa shape index (κ1) is 57.8. The average Bonchev–Trinajstić information content (AvgIpc) is 3.27. The second-order valence-corrected chi connectivity index (χ2v) is 15.7. The lowest BCUT2D eigenvalue weighted by Gasteiger charge is -2.26. The number of aliphatic carboxylic acids is 2. The molecule has 0 saturated carbocycles. The first-order valence-electron chi connectivity index (χ1n) is 20.7. The number of phenols is 1. The number of aliphatic imine (C=N–C) groups is 1. The highest BCUT2D eigenvalue weighted by Gasteiger charge is 2.31. The molecule has 366 valence electrons. The van der Waals surface area contributed by atoms with Crippen molar-refractivity contribution < 1.29 is 59.2 Å². The van der Waals surface area contributed by atoms with Gasteiger partial charge >= 0.3 is 5.97 Å². The van der Waals surface area contributed by atoms with Gasteiger partial charge in [0.1, 0.15) is 29.9 Å². The summed E-state index contributed by atoms with van der Waals surface area (Å²) < 4.78 is 0. The van der Waals surface area contributed by atoms with Crippen LogP contribution < -0.4 is 49.1 Å². The maximum atomic E-state index is 13.9. The predicted octanol–water partition coefficient (Wildman–Crippen LogP) is -1.92. The molecule has 0 aliphatic carbocycles. The number of amides is 6. The molecule has 17 N–H and O–H groups in total. The maximum absolute atomic E-state index is 13.9. The smallest absolute Gasteiger partial charge is 0.326 e. The fourth-order valence-corrected chi connectivity index (χ4v) is 6.44. The van der Waals surface area contributed by atoms with Gasteiger partial charge in [-0.1, -0.05) is 72.8 Å². The molecule has 0 unspecified atom stereocenters. The molecule has 0 aliphatic rings. The van der Waals surface area contributed by atoms with Crippen molar-refractivity contribution in [2.45, 2.75) is 75.7 Å². The molecule has 0 bridgehead atoms. The molecule has 23 heteroatoms. The van der Waals surface area contributed by atoms with Crippen LogP contribution in [-0.2, 0) is 57.6 Å². The predicted molar refractivity (Wildman–Crippen MR) is 251 cm³/mol. The number of nitrogens with zero attached hydrogens (tertiary/aromatic N) is 1. The van der Waals surface area contributed by atoms with Gasteiger partial charge in [0.25, 0.3) is 5.97 Å². The Kier molecular flexibility index (Phi) is 27.3. The van der Waals surface area contributed by atoms with Crippen molar-refractivity contribution in [1.29, 1.82) is 0 Å². The van der Waals surface area contributed by atoms with Crippen molar-refractivity contribution in [1.82, 2.24) is 31.9 Å². The third-order valence-corrected chi connectivity index (χ3v) is 9.90. The van der Waals surface area contributed by atoms with Gasteiger partial charge in [-0.3, -0.25) is 38.6 Å². The molecular formula is C44H62N10O12S. The number of carboxylic acid groups (broad SMARTS) is 2. The van der Waals surface area contributed by atoms with E-state index in [0.29, 0.717) is 22.4 Å². The number of carboxylic acids is 2. The summed E-state index contributed by atoms with van der Waals surface area (Å²) in [7, 11) is 0. The van der Waals surface area contributed by atoms with Gasteiger partial charge in [0.2, 0.25) is 35.4 Å². The Morgan fingerprint density at radius 1 is 0.612 bits per heavy atom. The molecule has 0 aromatic heterocycles. The fraction of sp³-hybridized carbons (Fsp3) is 0.386. The highest BCUT2D eigenvalue weighted by atomic mass is 32.2. The number of carbonyl (C=O) groups excluding carboxylic acids is 6. The third-order valence-electron chi connectivity index (χ3n) is 9.25. The standard InChI is InChI=1S/C42H56N10O9S.C2H4O2.H2O/c1-62-20-18-32(39(58)50-31(13-8-19-46-42(44)45)38(57)52-34(41(60)61)23-27-11-6-3-7-12-27)51-40(59)33(22-26-9-4-2-5-10-26)49-36(55)25-47-35(54)24-48-37(56)30(43)21-28-14-16-29(53)17-15-28;1-2(3)4;/h2-7,9-12,14-17,30-34,53H,8,13,18-25,43H2,1H3,(H,47,54)(H,48,56)(H,49,55)(H,50,58)(H,51,59)(H,52,57)(H,60,61)(H4,44,45,46);1H3,(H,3,4);1H2/t30-,31-,32-,33-,34-;;/m0../s1. The number of aromatic hydroxyl groups is 1. The number of hydrogen-bond acceptors (Lipinski definition) is 12. The minimum Gasteiger partial charge on any atom is -0.508 e. The number of guanidine groups is 1. The normalized spacial score (nSPS) is 12.5. The van der Waals surface area contributed by atoms with Crippen LogP contribution in [0.15, 0.2) is 89.9 Å². The van der Waals surface area contributed by atoms with E-state index in [9.17, 15) is 43.8 Å². The lowest BCUT2D eigenvalue weighted by Crippen LogP contribution is -2.58. The Labute approximate surface area is 392 Å². The highest BCUT2D eigenvalue weighted by molar-refractivity contribution is 7.98. The van der Waals surface area contributed by atoms with E-state index < -0.39 is 90.7 Å². The Morgan fingerprint density at radius 2 is 1.07 bits per heavy atom. The minimum absolute atomic E-state index is 0. The van der Waals surface area contributed by atoms with Crippen LogP contribution in [0.25, 0.3) is 0 Å². The summed E-state index contributed by atoms with van der Waals surface area (Å²) >= 11 is 1.40. The Bertz CT molecular complexity index is 2070. The lowest BCUT2D eigenvalue weighted by atomic mass is 10.0. The number of nitrogens with two attached hydrogens (primary N) is 3. The van der Waals surface area contributed by atoms with Gasteiger partial charge in [0, 0.05) is 26.3 Å². The summed E-state index contributed by atoms with van der Waals surface area (Å²) in [6, 6.07) is 17.7. The van der Waals surface area contributed by atoms with Crippen LogP contribution in [0.5, 0.6) is 5.75 Å². The lowest BCUT2D eigenvalue weighted by molar-refractivity contribution is -0.142. The van der Waals surface area contributed by atoms with Crippen LogP contribution in [0, 0.1) is 0 Å². The van der Waals surface area contributed by atoms with E-state index in [-0.39, 0.29) is 62.3 Å². The van der Waals surface area contributed by atoms with E-state index in [1.54, 1.807) is 79.1 Å². The zero-order valence-electron chi connectivity index (χ0n) is 37.2. The zero-order valence-corrected chi connectivity index (χ0v) is 38.1. The molecule has 3 rings (SSSR count). The third kappa shape index (κ3) is 24.6. The largest absolute Gasteiger partial charge is 0.508 e. The van der Waals surface area contributed by atoms with Gasteiger partial charge in [-0.25, -0.2) is 4.79 Å². The molecule has 0 saturated heterocycles. The van der Waals surface area contributed by atoms with Crippen molar-refractivity contribution in [3.05, 3.63) is 102 Å². The molecule has 3 aromatic rings. The molecule has 0 radical (unpaired) electrons. The van der Waals surface area contributed by atoms with Crippen LogP contribution in [0.4, 0.5) is 0 Å². The number of carbonyl (C=O) groups is 8. The Morgan fingerprint density at radius 3 is 1.58 bits per heavy atom. The van der Waals surface area contributed by atoms with E-state index in [4.69, 9.17) is 27.1 Å². The molecule has 0 spiro atoms. The van der Waals surface area contributed by atoms with E-state index >= 15 is 0 Å². The summed E-state index contributed by atoms with van der Waals surface area (Å²) in [5.41, 5.74) is 18.9. The topological polar surface area (TPSA) is 391 Å². The summed E-state index contributed by atoms with van der Waals surface area (Å²) in [5, 5.41) is 42.1. The quantitative estimate of drug-likeness (QED) is 0.0237. The Hall–Kier alpha value is -7.24. The summed E-state index contributed by atoms with van der Waals surface area (Å²) in [5.74, 6) is -6.08. The summed E-state index contributed by atoms with van der Waals surface area (Å²) in [6.07, 6.45) is 2.32. The number of rotatable bonds is 26. The fourth-order valence-electron chi connectivity index (χ4n) is 5.97. The zero-order chi connectivity index (χ0) is 49.0. The van der Waals surface area contributed by atoms with E-state index in [1.165, 1.54) is 23.9 Å². The first-order valence-corrected chi connectivity index (χ1v) is 22.1. The number of thioether (sulfide) groups is 1. The van der Waals surface area contributed by atoms with Crippen molar-refractivity contribution in [2.75, 3.05) is 31.6 Å². The Balaban J connectivity index is 0.00000430. The summed E-state index contributed by atoms with van der Waals surface area (Å²) in [6.45, 7) is 0.168. The van der Waals surface area contributed by atoms with Crippen LogP contribution in [0.2, 0.25) is 0 Å². The van der Waals surface area contributed by atoms with Crippen molar-refractivity contribution in [3.63, 3.8) is 0 Å². The number of benzene rings is 3. The number of hydrogen-bond donors (Lipinski definition) is 12. The highest BCUT2D eigenvalue weighted by Crippen LogP contribution is 2.12. The van der Waals surface area contributed by atoms with E-state index in [2.05, 4.69) is 36.9 Å². The molecule has 6 amide bonds. The second-order valence-electron chi connectivity index (χ2n) is 14.7. The number of phenolic OH excluding ortho intramolecular Hbond substituents is 1. The molecule has 0 aliphatic heterocycles. The SMILES string of the molecule is CC(=O)O.CSCC[C@H](NC(=O)[C@H](Cc1ccccc1)NC(=O)CNC(=O)CNC(=O)[C@@H](N)Cc1ccc(O)cc1)C(=O)N[C@@H](CCCN=C(N)N)C(=O)N[C@@H](Cc1ccccc1)C(=O)O.O. The molecule has 5 atom stereocenters. The molecule has 0 heterocycles. The van der Waals surface area contributed by atoms with Gasteiger partial charge in [-0.05, 0) is 66.5 Å². The van der Waals surface area contributed by atoms with Gasteiger partial charge in [-0.2, -0.15) is 11.8 Å². The van der Waals surface area contributed by atoms with Crippen molar-refractivity contribution >= 4 is 65.1 Å². The van der Waals surface area contributed by atoms with E-state index in [0.717, 1.165) is 6.92 Å². The minimum atomic E-state index is -1.32. The molecule has 22 nitrogen and oxygen atoms in total. The van der Waals surface area contributed by atoms with Gasteiger partial charge in [0.05, 0.1) is 19.1 Å².